The third kappa shape index (κ3) is 5.57. The molecule has 1 amide bonds. The zero-order valence-corrected chi connectivity index (χ0v) is 19.1. The Balaban J connectivity index is 2.45. The Bertz CT molecular complexity index is 923. The molecule has 0 saturated carbocycles. The molecule has 0 atom stereocenters. The molecule has 2 aromatic rings. The number of hydrogen-bond acceptors (Lipinski definition) is 6. The van der Waals surface area contributed by atoms with Crippen LogP contribution in [-0.2, 0) is 35.6 Å². The molecule has 1 aromatic heterocycles. The van der Waals surface area contributed by atoms with Gasteiger partial charge in [-0.05, 0) is 59.6 Å². The molecular weight excluding hydrogens is 400 g/mol. The number of H-pyrrole nitrogens is 1. The average Bonchev–Trinajstić information content (AvgIpc) is 3.05. The molecule has 0 radical (unpaired) electrons. The lowest BCUT2D eigenvalue weighted by molar-refractivity contribution is -0.164. The third-order valence-electron chi connectivity index (χ3n) is 4.72. The molecule has 1 aromatic carbocycles. The molecule has 2 N–H and O–H groups in total. The highest BCUT2D eigenvalue weighted by molar-refractivity contribution is 6.07. The van der Waals surface area contributed by atoms with E-state index in [0.717, 1.165) is 16.5 Å². The molecular formula is C23H32N2O6. The fourth-order valence-electron chi connectivity index (χ4n) is 3.33. The number of carbonyl (C=O) groups is 3. The Morgan fingerprint density at radius 3 is 2.10 bits per heavy atom. The topological polar surface area (TPSA) is 107 Å². The largest absolute Gasteiger partial charge is 0.465 e. The lowest BCUT2D eigenvalue weighted by Gasteiger charge is -2.25. The van der Waals surface area contributed by atoms with Crippen LogP contribution >= 0.6 is 0 Å². The third-order valence-corrected chi connectivity index (χ3v) is 4.72. The maximum Gasteiger partial charge on any atom is 0.407 e. The van der Waals surface area contributed by atoms with Gasteiger partial charge in [0, 0.05) is 23.1 Å². The van der Waals surface area contributed by atoms with Crippen molar-refractivity contribution in [2.24, 2.45) is 0 Å². The van der Waals surface area contributed by atoms with Crippen molar-refractivity contribution in [2.75, 3.05) is 19.8 Å². The highest BCUT2D eigenvalue weighted by Gasteiger charge is 2.49. The first-order valence-corrected chi connectivity index (χ1v) is 10.5. The summed E-state index contributed by atoms with van der Waals surface area (Å²) in [6.07, 6.45) is -0.167. The molecule has 0 fully saturated rings. The van der Waals surface area contributed by atoms with E-state index in [1.54, 1.807) is 34.6 Å². The highest BCUT2D eigenvalue weighted by Crippen LogP contribution is 2.34. The van der Waals surface area contributed by atoms with Crippen molar-refractivity contribution >= 4 is 28.9 Å². The van der Waals surface area contributed by atoms with Gasteiger partial charge in [0.15, 0.2) is 0 Å². The maximum atomic E-state index is 12.9. The number of alkyl carbamates (subject to hydrolysis) is 1. The fourth-order valence-corrected chi connectivity index (χ4v) is 3.33. The number of nitrogens with one attached hydrogen (secondary N) is 2. The van der Waals surface area contributed by atoms with Crippen molar-refractivity contribution in [1.29, 1.82) is 0 Å². The van der Waals surface area contributed by atoms with Gasteiger partial charge in [-0.2, -0.15) is 0 Å². The molecule has 2 rings (SSSR count). The van der Waals surface area contributed by atoms with Crippen LogP contribution in [-0.4, -0.2) is 48.4 Å². The molecule has 0 bridgehead atoms. The Morgan fingerprint density at radius 2 is 1.55 bits per heavy atom. The highest BCUT2D eigenvalue weighted by atomic mass is 16.6. The number of para-hydroxylation sites is 1. The van der Waals surface area contributed by atoms with Crippen LogP contribution in [0.3, 0.4) is 0 Å². The molecule has 0 aliphatic rings. The molecule has 31 heavy (non-hydrogen) atoms. The maximum absolute atomic E-state index is 12.9. The van der Waals surface area contributed by atoms with E-state index in [-0.39, 0.29) is 19.8 Å². The van der Waals surface area contributed by atoms with Gasteiger partial charge < -0.3 is 24.5 Å². The number of rotatable bonds is 8. The number of amides is 1. The molecule has 8 nitrogen and oxygen atoms in total. The summed E-state index contributed by atoms with van der Waals surface area (Å²) >= 11 is 0. The minimum atomic E-state index is -1.67. The van der Waals surface area contributed by atoms with E-state index in [1.165, 1.54) is 6.92 Å². The van der Waals surface area contributed by atoms with Crippen molar-refractivity contribution in [2.45, 2.75) is 59.0 Å². The van der Waals surface area contributed by atoms with E-state index < -0.39 is 29.0 Å². The molecule has 0 aliphatic carbocycles. The summed E-state index contributed by atoms with van der Waals surface area (Å²) in [5.41, 5.74) is -0.384. The van der Waals surface area contributed by atoms with Gasteiger partial charge in [-0.3, -0.25) is 9.59 Å². The summed E-state index contributed by atoms with van der Waals surface area (Å²) in [5, 5.41) is 3.57. The van der Waals surface area contributed by atoms with Gasteiger partial charge in [0.2, 0.25) is 5.41 Å². The number of esters is 2. The van der Waals surface area contributed by atoms with Gasteiger partial charge in [-0.15, -0.1) is 0 Å². The Morgan fingerprint density at radius 1 is 0.968 bits per heavy atom. The normalized spacial score (nSPS) is 11.8. The van der Waals surface area contributed by atoms with Crippen molar-refractivity contribution < 1.29 is 28.6 Å². The fraction of sp³-hybridized carbons (Fsp3) is 0.522. The first-order chi connectivity index (χ1) is 14.5. The number of aromatic nitrogens is 1. The molecule has 8 heteroatoms. The standard InChI is InChI=1S/C23H32N2O6/c1-7-29-19(26)23(6,20(27)30-8-2)18-16(15-11-9-10-12-17(15)25-18)13-14-24-21(28)31-22(3,4)5/h9-12,25H,7-8,13-14H2,1-6H3,(H,24,28). The zero-order chi connectivity index (χ0) is 23.2. The first-order valence-electron chi connectivity index (χ1n) is 10.5. The Labute approximate surface area is 182 Å². The van der Waals surface area contributed by atoms with Crippen LogP contribution in [0, 0.1) is 0 Å². The number of hydrogen-bond donors (Lipinski definition) is 2. The summed E-state index contributed by atoms with van der Waals surface area (Å²) in [6.45, 7) is 10.7. The number of fused-ring (bicyclic) bond motifs is 1. The molecule has 0 aliphatic heterocycles. The lowest BCUT2D eigenvalue weighted by atomic mass is 9.83. The second-order valence-corrected chi connectivity index (χ2v) is 8.27. The number of ether oxygens (including phenoxy) is 3. The quantitative estimate of drug-likeness (QED) is 0.375. The summed E-state index contributed by atoms with van der Waals surface area (Å²) in [5.74, 6) is -1.39. The van der Waals surface area contributed by atoms with E-state index in [2.05, 4.69) is 10.3 Å². The van der Waals surface area contributed by atoms with E-state index >= 15 is 0 Å². The minimum absolute atomic E-state index is 0.129. The van der Waals surface area contributed by atoms with Gasteiger partial charge >= 0.3 is 18.0 Å². The van der Waals surface area contributed by atoms with Crippen molar-refractivity contribution in [3.05, 3.63) is 35.5 Å². The van der Waals surface area contributed by atoms with Crippen molar-refractivity contribution in [3.63, 3.8) is 0 Å². The van der Waals surface area contributed by atoms with Gasteiger partial charge in [0.25, 0.3) is 0 Å². The van der Waals surface area contributed by atoms with Gasteiger partial charge in [-0.25, -0.2) is 4.79 Å². The van der Waals surface area contributed by atoms with E-state index in [4.69, 9.17) is 14.2 Å². The second kappa shape index (κ2) is 9.85. The monoisotopic (exact) mass is 432 g/mol. The van der Waals surface area contributed by atoms with Crippen LogP contribution in [0.5, 0.6) is 0 Å². The number of benzene rings is 1. The predicted molar refractivity (Wildman–Crippen MR) is 117 cm³/mol. The zero-order valence-electron chi connectivity index (χ0n) is 19.1. The smallest absolute Gasteiger partial charge is 0.407 e. The molecule has 1 heterocycles. The first kappa shape index (κ1) is 24.2. The van der Waals surface area contributed by atoms with Gasteiger partial charge in [0.05, 0.1) is 13.2 Å². The second-order valence-electron chi connectivity index (χ2n) is 8.27. The van der Waals surface area contributed by atoms with Crippen LogP contribution < -0.4 is 5.32 Å². The summed E-state index contributed by atoms with van der Waals surface area (Å²) in [6, 6.07) is 7.49. The predicted octanol–water partition coefficient (Wildman–Crippen LogP) is 3.62. The SMILES string of the molecule is CCOC(=O)C(C)(C(=O)OCC)c1[nH]c2ccccc2c1CCNC(=O)OC(C)(C)C. The van der Waals surface area contributed by atoms with Crippen LogP contribution in [0.2, 0.25) is 0 Å². The van der Waals surface area contributed by atoms with E-state index in [1.807, 2.05) is 24.3 Å². The molecule has 0 unspecified atom stereocenters. The van der Waals surface area contributed by atoms with Crippen LogP contribution in [0.1, 0.15) is 52.8 Å². The van der Waals surface area contributed by atoms with Crippen LogP contribution in [0.15, 0.2) is 24.3 Å². The van der Waals surface area contributed by atoms with Crippen molar-refractivity contribution in [1.82, 2.24) is 10.3 Å². The summed E-state index contributed by atoms with van der Waals surface area (Å²) in [4.78, 5) is 41.1. The number of aromatic amines is 1. The minimum Gasteiger partial charge on any atom is -0.465 e. The molecule has 0 saturated heterocycles. The average molecular weight is 433 g/mol. The summed E-state index contributed by atoms with van der Waals surface area (Å²) < 4.78 is 15.7. The lowest BCUT2D eigenvalue weighted by Crippen LogP contribution is -2.44. The van der Waals surface area contributed by atoms with E-state index in [0.29, 0.717) is 12.1 Å². The number of carbonyl (C=O) groups excluding carboxylic acids is 3. The van der Waals surface area contributed by atoms with Crippen LogP contribution in [0.25, 0.3) is 10.9 Å². The Hall–Kier alpha value is -3.03. The summed E-state index contributed by atoms with van der Waals surface area (Å²) in [7, 11) is 0. The Kier molecular flexibility index (Phi) is 7.70. The molecule has 170 valence electrons. The van der Waals surface area contributed by atoms with Gasteiger partial charge in [0.1, 0.15) is 5.60 Å². The van der Waals surface area contributed by atoms with E-state index in [9.17, 15) is 14.4 Å². The van der Waals surface area contributed by atoms with Crippen LogP contribution in [0.4, 0.5) is 4.79 Å². The van der Waals surface area contributed by atoms with Gasteiger partial charge in [-0.1, -0.05) is 18.2 Å². The molecule has 0 spiro atoms. The van der Waals surface area contributed by atoms with Crippen molar-refractivity contribution in [3.8, 4) is 0 Å².